The fourth-order valence-corrected chi connectivity index (χ4v) is 2.60. The highest BCUT2D eigenvalue weighted by atomic mass is 32.2. The van der Waals surface area contributed by atoms with Crippen molar-refractivity contribution in [3.05, 3.63) is 0 Å². The van der Waals surface area contributed by atoms with E-state index in [9.17, 15) is 8.42 Å². The van der Waals surface area contributed by atoms with Crippen molar-refractivity contribution in [3.63, 3.8) is 0 Å². The lowest BCUT2D eigenvalue weighted by molar-refractivity contribution is 0.186. The minimum atomic E-state index is -3.06. The maximum absolute atomic E-state index is 11.5. The first-order valence-electron chi connectivity index (χ1n) is 5.34. The first kappa shape index (κ1) is 12.0. The molecule has 0 heterocycles. The Balaban J connectivity index is 2.37. The van der Waals surface area contributed by atoms with E-state index >= 15 is 0 Å². The van der Waals surface area contributed by atoms with Gasteiger partial charge >= 0.3 is 0 Å². The van der Waals surface area contributed by atoms with Crippen molar-refractivity contribution in [2.24, 2.45) is 11.8 Å². The average molecular weight is 219 g/mol. The molecule has 0 saturated heterocycles. The van der Waals surface area contributed by atoms with Crippen LogP contribution in [0.15, 0.2) is 0 Å². The highest BCUT2D eigenvalue weighted by Gasteiger charge is 2.34. The van der Waals surface area contributed by atoms with E-state index in [0.717, 1.165) is 12.8 Å². The summed E-state index contributed by atoms with van der Waals surface area (Å²) < 4.78 is 25.7. The monoisotopic (exact) mass is 219 g/mol. The second kappa shape index (κ2) is 4.19. The molecule has 3 nitrogen and oxygen atoms in total. The van der Waals surface area contributed by atoms with Crippen LogP contribution in [0, 0.1) is 11.8 Å². The zero-order valence-corrected chi connectivity index (χ0v) is 10.3. The molecule has 0 aromatic heterocycles. The van der Waals surface area contributed by atoms with E-state index in [4.69, 9.17) is 0 Å². The molecule has 0 aromatic carbocycles. The predicted octanol–water partition coefficient (Wildman–Crippen LogP) is 1.75. The Hall–Kier alpha value is -0.0900. The van der Waals surface area contributed by atoms with Gasteiger partial charge in [-0.25, -0.2) is 13.1 Å². The van der Waals surface area contributed by atoms with Crippen molar-refractivity contribution in [3.8, 4) is 0 Å². The molecule has 0 spiro atoms. The van der Waals surface area contributed by atoms with Crippen molar-refractivity contribution in [2.45, 2.75) is 51.8 Å². The van der Waals surface area contributed by atoms with Gasteiger partial charge in [0.15, 0.2) is 0 Å². The van der Waals surface area contributed by atoms with Gasteiger partial charge in [-0.05, 0) is 38.5 Å². The summed E-state index contributed by atoms with van der Waals surface area (Å²) in [6, 6.07) is 0.190. The summed E-state index contributed by atoms with van der Waals surface area (Å²) in [5, 5.41) is -0.319. The summed E-state index contributed by atoms with van der Waals surface area (Å²) in [5.74, 6) is 1.38. The summed E-state index contributed by atoms with van der Waals surface area (Å²) in [4.78, 5) is 0. The molecule has 1 fully saturated rings. The van der Waals surface area contributed by atoms with E-state index in [2.05, 4.69) is 18.6 Å². The van der Waals surface area contributed by atoms with Crippen LogP contribution in [0.3, 0.4) is 0 Å². The summed E-state index contributed by atoms with van der Waals surface area (Å²) in [7, 11) is -3.06. The highest BCUT2D eigenvalue weighted by molar-refractivity contribution is 7.90. The minimum absolute atomic E-state index is 0.190. The van der Waals surface area contributed by atoms with Crippen LogP contribution in [0.2, 0.25) is 0 Å². The van der Waals surface area contributed by atoms with Crippen LogP contribution in [0.25, 0.3) is 0 Å². The number of rotatable bonds is 4. The fraction of sp³-hybridized carbons (Fsp3) is 1.00. The van der Waals surface area contributed by atoms with Crippen molar-refractivity contribution in [2.75, 3.05) is 0 Å². The molecule has 1 saturated carbocycles. The van der Waals surface area contributed by atoms with Crippen LogP contribution >= 0.6 is 0 Å². The van der Waals surface area contributed by atoms with Gasteiger partial charge in [0, 0.05) is 6.04 Å². The van der Waals surface area contributed by atoms with Crippen molar-refractivity contribution in [1.29, 1.82) is 0 Å². The molecule has 0 radical (unpaired) electrons. The lowest BCUT2D eigenvalue weighted by Gasteiger charge is -2.38. The molecule has 0 bridgehead atoms. The van der Waals surface area contributed by atoms with Gasteiger partial charge in [-0.15, -0.1) is 0 Å². The third kappa shape index (κ3) is 2.70. The van der Waals surface area contributed by atoms with E-state index in [-0.39, 0.29) is 11.3 Å². The second-order valence-corrected chi connectivity index (χ2v) is 7.15. The Bertz CT molecular complexity index is 276. The maximum atomic E-state index is 11.5. The van der Waals surface area contributed by atoms with Crippen LogP contribution in [0.5, 0.6) is 0 Å². The molecule has 14 heavy (non-hydrogen) atoms. The molecule has 0 aromatic rings. The van der Waals surface area contributed by atoms with E-state index < -0.39 is 10.0 Å². The number of hydrogen-bond acceptors (Lipinski definition) is 2. The van der Waals surface area contributed by atoms with Crippen LogP contribution in [0.4, 0.5) is 0 Å². The quantitative estimate of drug-likeness (QED) is 0.783. The van der Waals surface area contributed by atoms with Gasteiger partial charge in [0.2, 0.25) is 10.0 Å². The number of sulfonamides is 1. The molecule has 1 rings (SSSR count). The van der Waals surface area contributed by atoms with Crippen molar-refractivity contribution in [1.82, 2.24) is 4.72 Å². The topological polar surface area (TPSA) is 46.2 Å². The van der Waals surface area contributed by atoms with E-state index in [1.54, 1.807) is 13.8 Å². The zero-order valence-electron chi connectivity index (χ0n) is 9.45. The van der Waals surface area contributed by atoms with Crippen LogP contribution in [0.1, 0.15) is 40.5 Å². The third-order valence-electron chi connectivity index (χ3n) is 3.07. The Labute approximate surface area is 87.3 Å². The Kier molecular flexibility index (Phi) is 3.58. The molecular weight excluding hydrogens is 198 g/mol. The Morgan fingerprint density at radius 2 is 1.64 bits per heavy atom. The van der Waals surface area contributed by atoms with Gasteiger partial charge in [0.1, 0.15) is 0 Å². The highest BCUT2D eigenvalue weighted by Crippen LogP contribution is 2.34. The lowest BCUT2D eigenvalue weighted by Crippen LogP contribution is -2.47. The van der Waals surface area contributed by atoms with Crippen LogP contribution < -0.4 is 4.72 Å². The summed E-state index contributed by atoms with van der Waals surface area (Å²) >= 11 is 0. The molecule has 0 unspecified atom stereocenters. The van der Waals surface area contributed by atoms with E-state index in [1.807, 2.05) is 0 Å². The summed E-state index contributed by atoms with van der Waals surface area (Å²) in [5.41, 5.74) is 0. The molecule has 1 aliphatic rings. The van der Waals surface area contributed by atoms with Gasteiger partial charge in [0.05, 0.1) is 5.25 Å². The average Bonchev–Trinajstić information content (AvgIpc) is 1.94. The maximum Gasteiger partial charge on any atom is 0.214 e. The molecule has 0 aliphatic heterocycles. The summed E-state index contributed by atoms with van der Waals surface area (Å²) in [6.07, 6.45) is 2.01. The molecule has 84 valence electrons. The summed E-state index contributed by atoms with van der Waals surface area (Å²) in [6.45, 7) is 7.80. The number of hydrogen-bond donors (Lipinski definition) is 1. The molecular formula is C10H21NO2S. The Morgan fingerprint density at radius 1 is 1.14 bits per heavy atom. The lowest BCUT2D eigenvalue weighted by atomic mass is 9.74. The molecule has 1 aliphatic carbocycles. The van der Waals surface area contributed by atoms with Gasteiger partial charge in [-0.1, -0.05) is 13.8 Å². The van der Waals surface area contributed by atoms with E-state index in [1.165, 1.54) is 0 Å². The molecule has 0 atom stereocenters. The van der Waals surface area contributed by atoms with Crippen LogP contribution in [-0.4, -0.2) is 19.7 Å². The van der Waals surface area contributed by atoms with Gasteiger partial charge in [-0.2, -0.15) is 0 Å². The number of nitrogens with one attached hydrogen (secondary N) is 1. The molecule has 0 amide bonds. The van der Waals surface area contributed by atoms with Crippen LogP contribution in [-0.2, 0) is 10.0 Å². The fourth-order valence-electron chi connectivity index (χ4n) is 1.67. The van der Waals surface area contributed by atoms with Gasteiger partial charge < -0.3 is 0 Å². The van der Waals surface area contributed by atoms with Gasteiger partial charge in [-0.3, -0.25) is 0 Å². The first-order valence-corrected chi connectivity index (χ1v) is 6.88. The first-order chi connectivity index (χ1) is 6.33. The molecule has 1 N–H and O–H groups in total. The largest absolute Gasteiger partial charge is 0.214 e. The SMILES string of the molecule is CC(C)C1CC(NS(=O)(=O)C(C)C)C1. The normalized spacial score (nSPS) is 28.1. The van der Waals surface area contributed by atoms with Crippen molar-refractivity contribution >= 4 is 10.0 Å². The molecule has 4 heteroatoms. The van der Waals surface area contributed by atoms with E-state index in [0.29, 0.717) is 11.8 Å². The van der Waals surface area contributed by atoms with Gasteiger partial charge in [0.25, 0.3) is 0 Å². The second-order valence-electron chi connectivity index (χ2n) is 4.88. The van der Waals surface area contributed by atoms with Crippen molar-refractivity contribution < 1.29 is 8.42 Å². The third-order valence-corrected chi connectivity index (χ3v) is 4.97. The Morgan fingerprint density at radius 3 is 2.00 bits per heavy atom. The minimum Gasteiger partial charge on any atom is -0.212 e. The standard InChI is InChI=1S/C10H21NO2S/c1-7(2)9-5-10(6-9)11-14(12,13)8(3)4/h7-11H,5-6H2,1-4H3. The smallest absolute Gasteiger partial charge is 0.212 e. The zero-order chi connectivity index (χ0) is 10.9. The predicted molar refractivity (Wildman–Crippen MR) is 58.5 cm³/mol.